The van der Waals surface area contributed by atoms with Crippen molar-refractivity contribution in [1.82, 2.24) is 0 Å². The maximum atomic E-state index is 13.2. The van der Waals surface area contributed by atoms with Crippen LogP contribution in [0, 0.1) is 10.8 Å². The maximum Gasteiger partial charge on any atom is 0.195 e. The highest BCUT2D eigenvalue weighted by molar-refractivity contribution is 6.11. The molecule has 2 atom stereocenters. The molecule has 0 amide bonds. The summed E-state index contributed by atoms with van der Waals surface area (Å²) in [6.45, 7) is 12.2. The number of rotatable bonds is 4. The molecule has 2 fully saturated rings. The van der Waals surface area contributed by atoms with Gasteiger partial charge in [0.25, 0.3) is 0 Å². The lowest BCUT2D eigenvalue weighted by molar-refractivity contribution is -0.138. The monoisotopic (exact) mass is 474 g/mol. The first-order valence-corrected chi connectivity index (χ1v) is 12.7. The molecule has 6 aliphatic rings. The molecular weight excluding hydrogens is 440 g/mol. The first-order chi connectivity index (χ1) is 16.3. The lowest BCUT2D eigenvalue weighted by Gasteiger charge is -2.39. The molecular formula is C30H34O5. The molecule has 35 heavy (non-hydrogen) atoms. The average molecular weight is 475 g/mol. The number of carbonyl (C=O) groups excluding carboxylic acids is 2. The van der Waals surface area contributed by atoms with Gasteiger partial charge >= 0.3 is 0 Å². The van der Waals surface area contributed by atoms with E-state index in [1.165, 1.54) is 0 Å². The van der Waals surface area contributed by atoms with Crippen molar-refractivity contribution < 1.29 is 24.5 Å². The fraction of sp³-hybridized carbons (Fsp3) is 0.533. The lowest BCUT2D eigenvalue weighted by atomic mass is 9.67. The van der Waals surface area contributed by atoms with Gasteiger partial charge in [0.2, 0.25) is 0 Å². The molecule has 0 aromatic heterocycles. The van der Waals surface area contributed by atoms with Gasteiger partial charge in [0, 0.05) is 22.0 Å². The number of ketones is 2. The smallest absolute Gasteiger partial charge is 0.195 e. The summed E-state index contributed by atoms with van der Waals surface area (Å²) in [6, 6.07) is 0. The van der Waals surface area contributed by atoms with E-state index >= 15 is 0 Å². The van der Waals surface area contributed by atoms with Crippen LogP contribution < -0.4 is 0 Å². The van der Waals surface area contributed by atoms with Crippen molar-refractivity contribution in [1.29, 1.82) is 0 Å². The van der Waals surface area contributed by atoms with Crippen LogP contribution in [0.15, 0.2) is 67.9 Å². The van der Waals surface area contributed by atoms with Gasteiger partial charge < -0.3 is 14.9 Å². The van der Waals surface area contributed by atoms with Crippen molar-refractivity contribution >= 4 is 11.6 Å². The van der Waals surface area contributed by atoms with E-state index in [-0.39, 0.29) is 11.6 Å². The third-order valence-electron chi connectivity index (χ3n) is 10.2. The van der Waals surface area contributed by atoms with Gasteiger partial charge in [-0.3, -0.25) is 9.59 Å². The Kier molecular flexibility index (Phi) is 4.42. The molecule has 0 heterocycles. The van der Waals surface area contributed by atoms with Crippen molar-refractivity contribution in [3.05, 3.63) is 67.9 Å². The summed E-state index contributed by atoms with van der Waals surface area (Å²) in [4.78, 5) is 26.4. The van der Waals surface area contributed by atoms with Crippen LogP contribution in [-0.4, -0.2) is 46.2 Å². The minimum Gasteiger partial charge on any atom is -0.381 e. The molecule has 184 valence electrons. The van der Waals surface area contributed by atoms with Crippen LogP contribution >= 0.6 is 0 Å². The van der Waals surface area contributed by atoms with E-state index in [1.54, 1.807) is 13.8 Å². The Morgan fingerprint density at radius 1 is 0.714 bits per heavy atom. The molecule has 5 heteroatoms. The summed E-state index contributed by atoms with van der Waals surface area (Å²) in [6.07, 6.45) is 7.11. The molecule has 2 spiro atoms. The highest BCUT2D eigenvalue weighted by atomic mass is 16.5. The largest absolute Gasteiger partial charge is 0.381 e. The summed E-state index contributed by atoms with van der Waals surface area (Å²) in [5.41, 5.74) is 5.77. The van der Waals surface area contributed by atoms with Gasteiger partial charge in [-0.25, -0.2) is 0 Å². The quantitative estimate of drug-likeness (QED) is 0.632. The third-order valence-corrected chi connectivity index (χ3v) is 10.2. The van der Waals surface area contributed by atoms with Crippen LogP contribution in [0.3, 0.4) is 0 Å². The van der Waals surface area contributed by atoms with Crippen LogP contribution in [0.25, 0.3) is 0 Å². The third kappa shape index (κ3) is 2.59. The standard InChI is InChI=1S/C30H34O5/c1-15-11-19-23(17(3)29(7-8-29)27(5,33)25(19)31)21(15)13-35-14-22-16(2)12-20-24(22)18(4)30(9-10-30)28(6,34)26(20)32/h11-12,33-34H,7-10,13-14H2,1-6H3/t27-,28-/m0/s1. The Bertz CT molecular complexity index is 1220. The zero-order chi connectivity index (χ0) is 25.3. The van der Waals surface area contributed by atoms with E-state index in [0.717, 1.165) is 70.3 Å². The number of hydrogen-bond donors (Lipinski definition) is 2. The van der Waals surface area contributed by atoms with E-state index in [2.05, 4.69) is 13.8 Å². The van der Waals surface area contributed by atoms with Crippen LogP contribution in [-0.2, 0) is 14.3 Å². The summed E-state index contributed by atoms with van der Waals surface area (Å²) >= 11 is 0. The Balaban J connectivity index is 1.27. The first-order valence-electron chi connectivity index (χ1n) is 12.7. The summed E-state index contributed by atoms with van der Waals surface area (Å²) in [5.74, 6) is -0.368. The van der Waals surface area contributed by atoms with Gasteiger partial charge in [-0.1, -0.05) is 11.1 Å². The molecule has 0 aliphatic heterocycles. The van der Waals surface area contributed by atoms with Crippen LogP contribution in [0.2, 0.25) is 0 Å². The van der Waals surface area contributed by atoms with Crippen molar-refractivity contribution in [2.24, 2.45) is 10.8 Å². The number of fused-ring (bicyclic) bond motifs is 2. The van der Waals surface area contributed by atoms with Crippen molar-refractivity contribution in [3.8, 4) is 0 Å². The van der Waals surface area contributed by atoms with Crippen molar-refractivity contribution in [2.45, 2.75) is 78.4 Å². The van der Waals surface area contributed by atoms with Gasteiger partial charge in [0.15, 0.2) is 11.6 Å². The highest BCUT2D eigenvalue weighted by Crippen LogP contribution is 2.66. The Hall–Kier alpha value is -2.34. The predicted molar refractivity (Wildman–Crippen MR) is 132 cm³/mol. The zero-order valence-corrected chi connectivity index (χ0v) is 21.5. The van der Waals surface area contributed by atoms with Gasteiger partial charge in [-0.15, -0.1) is 0 Å². The summed E-state index contributed by atoms with van der Waals surface area (Å²) in [5, 5.41) is 22.2. The number of carbonyl (C=O) groups is 2. The van der Waals surface area contributed by atoms with E-state index in [0.29, 0.717) is 24.4 Å². The number of ether oxygens (including phenoxy) is 1. The molecule has 2 saturated carbocycles. The highest BCUT2D eigenvalue weighted by Gasteiger charge is 2.66. The second-order valence-corrected chi connectivity index (χ2v) is 11.9. The Labute approximate surface area is 206 Å². The average Bonchev–Trinajstić information content (AvgIpc) is 3.70. The predicted octanol–water partition coefficient (Wildman–Crippen LogP) is 4.38. The number of Topliss-reactive ketones (excluding diaryl/α,β-unsaturated/α-hetero) is 2. The number of aliphatic hydroxyl groups is 2. The molecule has 0 unspecified atom stereocenters. The molecule has 2 N–H and O–H groups in total. The molecule has 6 aliphatic carbocycles. The second-order valence-electron chi connectivity index (χ2n) is 11.9. The molecule has 0 bridgehead atoms. The molecule has 6 rings (SSSR count). The SMILES string of the molecule is CC1=C(COCC2=C(C)C=C3C(=O)[C@](C)(O)C4(CC4)C(C)=C32)C2=C(C)C3(CC3)[C@@](C)(O)C(=O)C2=C1. The second kappa shape index (κ2) is 6.70. The Morgan fingerprint density at radius 3 is 1.37 bits per heavy atom. The van der Waals surface area contributed by atoms with E-state index in [1.807, 2.05) is 26.0 Å². The topological polar surface area (TPSA) is 83.8 Å². The van der Waals surface area contributed by atoms with E-state index in [9.17, 15) is 19.8 Å². The van der Waals surface area contributed by atoms with Gasteiger partial charge in [0.05, 0.1) is 13.2 Å². The summed E-state index contributed by atoms with van der Waals surface area (Å²) in [7, 11) is 0. The fourth-order valence-electron chi connectivity index (χ4n) is 7.45. The van der Waals surface area contributed by atoms with Gasteiger partial charge in [-0.05, 0) is 113 Å². The molecule has 0 saturated heterocycles. The minimum atomic E-state index is -1.35. The fourth-order valence-corrected chi connectivity index (χ4v) is 7.45. The minimum absolute atomic E-state index is 0.184. The maximum absolute atomic E-state index is 13.2. The first kappa shape index (κ1) is 23.1. The number of allylic oxidation sites excluding steroid dienone is 4. The van der Waals surface area contributed by atoms with Crippen LogP contribution in [0.4, 0.5) is 0 Å². The summed E-state index contributed by atoms with van der Waals surface area (Å²) < 4.78 is 6.29. The number of hydrogen-bond acceptors (Lipinski definition) is 5. The van der Waals surface area contributed by atoms with Crippen molar-refractivity contribution in [3.63, 3.8) is 0 Å². The molecule has 5 nitrogen and oxygen atoms in total. The van der Waals surface area contributed by atoms with Crippen molar-refractivity contribution in [2.75, 3.05) is 13.2 Å². The van der Waals surface area contributed by atoms with Gasteiger partial charge in [-0.2, -0.15) is 0 Å². The molecule has 0 radical (unpaired) electrons. The lowest BCUT2D eigenvalue weighted by Crippen LogP contribution is -2.49. The van der Waals surface area contributed by atoms with Crippen LogP contribution in [0.5, 0.6) is 0 Å². The molecule has 0 aromatic rings. The zero-order valence-electron chi connectivity index (χ0n) is 21.5. The van der Waals surface area contributed by atoms with E-state index < -0.39 is 22.0 Å². The normalized spacial score (nSPS) is 34.3. The Morgan fingerprint density at radius 2 is 1.06 bits per heavy atom. The van der Waals surface area contributed by atoms with E-state index in [4.69, 9.17) is 4.74 Å². The van der Waals surface area contributed by atoms with Crippen LogP contribution in [0.1, 0.15) is 67.2 Å². The molecule has 0 aromatic carbocycles. The van der Waals surface area contributed by atoms with Gasteiger partial charge in [0.1, 0.15) is 11.2 Å².